The number of piperidine rings is 1. The van der Waals surface area contributed by atoms with Crippen molar-refractivity contribution in [2.75, 3.05) is 19.6 Å². The number of aromatic nitrogens is 2. The summed E-state index contributed by atoms with van der Waals surface area (Å²) in [4.78, 5) is 24.7. The first-order valence-corrected chi connectivity index (χ1v) is 14.8. The molecule has 39 heavy (non-hydrogen) atoms. The van der Waals surface area contributed by atoms with Crippen molar-refractivity contribution in [2.24, 2.45) is 0 Å². The van der Waals surface area contributed by atoms with Gasteiger partial charge in [0.2, 0.25) is 15.9 Å². The van der Waals surface area contributed by atoms with Gasteiger partial charge in [-0.2, -0.15) is 4.31 Å². The van der Waals surface area contributed by atoms with Crippen molar-refractivity contribution in [3.05, 3.63) is 103 Å². The van der Waals surface area contributed by atoms with Crippen LogP contribution >= 0.6 is 0 Å². The highest BCUT2D eigenvalue weighted by molar-refractivity contribution is 7.89. The van der Waals surface area contributed by atoms with E-state index in [0.717, 1.165) is 16.6 Å². The zero-order chi connectivity index (χ0) is 26.9. The van der Waals surface area contributed by atoms with Crippen molar-refractivity contribution in [1.82, 2.24) is 24.5 Å². The molecule has 0 bridgehead atoms. The van der Waals surface area contributed by atoms with Crippen LogP contribution in [0.1, 0.15) is 24.1 Å². The molecule has 2 aliphatic heterocycles. The first-order chi connectivity index (χ1) is 19.0. The minimum Gasteiger partial charge on any atom is -0.323 e. The van der Waals surface area contributed by atoms with Gasteiger partial charge < -0.3 is 4.90 Å². The Bertz CT molecular complexity index is 1570. The van der Waals surface area contributed by atoms with Crippen molar-refractivity contribution >= 4 is 26.8 Å². The zero-order valence-electron chi connectivity index (χ0n) is 21.6. The Balaban J connectivity index is 1.25. The van der Waals surface area contributed by atoms with Crippen molar-refractivity contribution in [2.45, 2.75) is 42.3 Å². The van der Waals surface area contributed by atoms with Gasteiger partial charge in [-0.25, -0.2) is 8.42 Å². The third-order valence-electron chi connectivity index (χ3n) is 7.89. The van der Waals surface area contributed by atoms with E-state index in [-0.39, 0.29) is 16.8 Å². The molecule has 6 rings (SSSR count). The number of pyridine rings is 2. The lowest BCUT2D eigenvalue weighted by Crippen LogP contribution is -2.59. The van der Waals surface area contributed by atoms with Gasteiger partial charge in [0.25, 0.3) is 0 Å². The van der Waals surface area contributed by atoms with Crippen LogP contribution in [0.15, 0.2) is 96.2 Å². The molecule has 200 valence electrons. The minimum absolute atomic E-state index is 0.0596. The molecule has 9 heteroatoms. The molecular formula is C30H31N5O3S. The van der Waals surface area contributed by atoms with E-state index in [1.807, 2.05) is 65.6 Å². The number of rotatable bonds is 7. The summed E-state index contributed by atoms with van der Waals surface area (Å²) < 4.78 is 29.0. The number of carbonyl (C=O) groups is 1. The predicted molar refractivity (Wildman–Crippen MR) is 149 cm³/mol. The van der Waals surface area contributed by atoms with E-state index in [4.69, 9.17) is 0 Å². The number of benzene rings is 2. The molecule has 2 saturated heterocycles. The Morgan fingerprint density at radius 1 is 0.872 bits per heavy atom. The normalized spacial score (nSPS) is 19.6. The minimum atomic E-state index is -3.75. The zero-order valence-corrected chi connectivity index (χ0v) is 22.4. The fraction of sp³-hybridized carbons (Fsp3) is 0.300. The van der Waals surface area contributed by atoms with Crippen LogP contribution in [-0.2, 0) is 27.7 Å². The van der Waals surface area contributed by atoms with Gasteiger partial charge in [-0.1, -0.05) is 54.6 Å². The van der Waals surface area contributed by atoms with E-state index in [1.165, 1.54) is 4.31 Å². The van der Waals surface area contributed by atoms with Gasteiger partial charge in [0, 0.05) is 49.5 Å². The molecular weight excluding hydrogens is 510 g/mol. The van der Waals surface area contributed by atoms with Crippen molar-refractivity contribution in [3.8, 4) is 0 Å². The van der Waals surface area contributed by atoms with Crippen LogP contribution < -0.4 is 5.32 Å². The molecule has 8 nitrogen and oxygen atoms in total. The number of amides is 1. The molecule has 2 aliphatic rings. The van der Waals surface area contributed by atoms with E-state index < -0.39 is 15.7 Å². The number of sulfonamides is 1. The number of para-hydroxylation sites is 1. The number of nitrogens with zero attached hydrogens (tertiary/aromatic N) is 4. The van der Waals surface area contributed by atoms with Gasteiger partial charge in [-0.05, 0) is 49.1 Å². The highest BCUT2D eigenvalue weighted by Crippen LogP contribution is 2.36. The molecule has 2 fully saturated rings. The first kappa shape index (κ1) is 25.6. The van der Waals surface area contributed by atoms with Crippen molar-refractivity contribution in [3.63, 3.8) is 0 Å². The Labute approximate surface area is 228 Å². The molecule has 2 aromatic carbocycles. The number of nitrogens with one attached hydrogen (secondary N) is 1. The third kappa shape index (κ3) is 4.93. The maximum absolute atomic E-state index is 13.8. The van der Waals surface area contributed by atoms with E-state index in [0.29, 0.717) is 50.8 Å². The van der Waals surface area contributed by atoms with Crippen LogP contribution in [0.3, 0.4) is 0 Å². The Kier molecular flexibility index (Phi) is 6.88. The Morgan fingerprint density at radius 2 is 1.62 bits per heavy atom. The second-order valence-electron chi connectivity index (χ2n) is 10.2. The van der Waals surface area contributed by atoms with Crippen LogP contribution in [0, 0.1) is 0 Å². The quantitative estimate of drug-likeness (QED) is 0.385. The van der Waals surface area contributed by atoms with E-state index in [1.54, 1.807) is 30.6 Å². The Morgan fingerprint density at radius 3 is 2.38 bits per heavy atom. The molecule has 1 amide bonds. The molecule has 0 aliphatic carbocycles. The molecule has 2 aromatic heterocycles. The lowest BCUT2D eigenvalue weighted by Gasteiger charge is -2.44. The van der Waals surface area contributed by atoms with Gasteiger partial charge >= 0.3 is 0 Å². The second-order valence-corrected chi connectivity index (χ2v) is 12.1. The van der Waals surface area contributed by atoms with Gasteiger partial charge in [0.15, 0.2) is 0 Å². The van der Waals surface area contributed by atoms with E-state index in [9.17, 15) is 13.2 Å². The lowest BCUT2D eigenvalue weighted by molar-refractivity contribution is -0.133. The molecule has 0 saturated carbocycles. The van der Waals surface area contributed by atoms with Crippen molar-refractivity contribution in [1.29, 1.82) is 0 Å². The number of hydrogen-bond donors (Lipinski definition) is 1. The summed E-state index contributed by atoms with van der Waals surface area (Å²) in [6.07, 6.45) is 5.61. The number of hydrogen-bond acceptors (Lipinski definition) is 6. The number of carbonyl (C=O) groups excluding carboxylic acids is 1. The predicted octanol–water partition coefficient (Wildman–Crippen LogP) is 3.40. The highest BCUT2D eigenvalue weighted by Gasteiger charge is 2.52. The summed E-state index contributed by atoms with van der Waals surface area (Å²) in [6, 6.07) is 24.4. The topological polar surface area (TPSA) is 95.5 Å². The second kappa shape index (κ2) is 10.5. The third-order valence-corrected chi connectivity index (χ3v) is 9.82. The fourth-order valence-electron chi connectivity index (χ4n) is 5.88. The average Bonchev–Trinajstić information content (AvgIpc) is 3.22. The molecule has 4 aromatic rings. The maximum atomic E-state index is 13.8. The largest absolute Gasteiger partial charge is 0.323 e. The molecule has 0 radical (unpaired) electrons. The summed E-state index contributed by atoms with van der Waals surface area (Å²) in [5, 5.41) is 4.45. The molecule has 1 N–H and O–H groups in total. The van der Waals surface area contributed by atoms with Crippen LogP contribution in [0.2, 0.25) is 0 Å². The van der Waals surface area contributed by atoms with Crippen molar-refractivity contribution < 1.29 is 13.2 Å². The van der Waals surface area contributed by atoms with Gasteiger partial charge in [-0.15, -0.1) is 0 Å². The van der Waals surface area contributed by atoms with E-state index >= 15 is 0 Å². The molecule has 1 spiro atoms. The van der Waals surface area contributed by atoms with E-state index in [2.05, 4.69) is 15.3 Å². The van der Waals surface area contributed by atoms with Gasteiger partial charge in [0.1, 0.15) is 4.90 Å². The van der Waals surface area contributed by atoms with Crippen LogP contribution in [0.25, 0.3) is 10.9 Å². The summed E-state index contributed by atoms with van der Waals surface area (Å²) in [7, 11) is -3.75. The smallest absolute Gasteiger partial charge is 0.245 e. The van der Waals surface area contributed by atoms with Crippen LogP contribution in [-0.4, -0.2) is 64.8 Å². The van der Waals surface area contributed by atoms with Crippen LogP contribution in [0.4, 0.5) is 0 Å². The molecule has 1 atom stereocenters. The summed E-state index contributed by atoms with van der Waals surface area (Å²) in [5.41, 5.74) is 1.90. The summed E-state index contributed by atoms with van der Waals surface area (Å²) >= 11 is 0. The number of fused-ring (bicyclic) bond motifs is 1. The summed E-state index contributed by atoms with van der Waals surface area (Å²) in [5.74, 6) is 0.0596. The lowest BCUT2D eigenvalue weighted by atomic mass is 9.97. The SMILES string of the molecule is O=C1[C@H](Cc2ccccc2)NC2(CCN(S(=O)(=O)c3cccc4cccnc34)CC2)N1CCc1ccccn1. The van der Waals surface area contributed by atoms with Gasteiger partial charge in [-0.3, -0.25) is 20.1 Å². The average molecular weight is 542 g/mol. The summed E-state index contributed by atoms with van der Waals surface area (Å²) in [6.45, 7) is 1.14. The maximum Gasteiger partial charge on any atom is 0.245 e. The van der Waals surface area contributed by atoms with Crippen LogP contribution in [0.5, 0.6) is 0 Å². The fourth-order valence-corrected chi connectivity index (χ4v) is 7.49. The molecule has 4 heterocycles. The highest BCUT2D eigenvalue weighted by atomic mass is 32.2. The monoisotopic (exact) mass is 541 g/mol. The molecule has 0 unspecified atom stereocenters. The first-order valence-electron chi connectivity index (χ1n) is 13.3. The standard InChI is InChI=1S/C30H31N5O3S/c36-29-26(22-23-8-2-1-3-9-23)33-30(35(29)19-14-25-12-4-5-17-31-25)15-20-34(21-16-30)39(37,38)27-13-6-10-24-11-7-18-32-28(24)27/h1-13,17-18,26,33H,14-16,19-22H2/t26-/m0/s1. The Hall–Kier alpha value is -3.66. The van der Waals surface area contributed by atoms with Gasteiger partial charge in [0.05, 0.1) is 17.2 Å².